The summed E-state index contributed by atoms with van der Waals surface area (Å²) in [5, 5.41) is 21.0. The first-order valence-corrected chi connectivity index (χ1v) is 6.42. The third-order valence-electron chi connectivity index (χ3n) is 2.78. The largest absolute Gasteiger partial charge is 0.507 e. The number of benzene rings is 1. The first-order chi connectivity index (χ1) is 8.30. The van der Waals surface area contributed by atoms with E-state index in [9.17, 15) is 14.7 Å². The van der Waals surface area contributed by atoms with Crippen LogP contribution in [-0.2, 0) is 4.79 Å². The lowest BCUT2D eigenvalue weighted by atomic mass is 9.98. The van der Waals surface area contributed by atoms with Crippen molar-refractivity contribution in [3.63, 3.8) is 0 Å². The third-order valence-corrected chi connectivity index (χ3v) is 3.69. The molecule has 1 unspecified atom stereocenters. The molecule has 0 aromatic heterocycles. The van der Waals surface area contributed by atoms with Gasteiger partial charge in [0.25, 0.3) is 5.91 Å². The molecule has 0 saturated carbocycles. The number of nitrogens with one attached hydrogen (secondary N) is 1. The summed E-state index contributed by atoms with van der Waals surface area (Å²) < 4.78 is 0.626. The van der Waals surface area contributed by atoms with Crippen molar-refractivity contribution < 1.29 is 19.8 Å². The van der Waals surface area contributed by atoms with E-state index in [2.05, 4.69) is 5.32 Å². The van der Waals surface area contributed by atoms with Crippen molar-refractivity contribution in [3.8, 4) is 5.75 Å². The molecular formula is C12H14INO4. The van der Waals surface area contributed by atoms with Crippen LogP contribution in [0.25, 0.3) is 0 Å². The van der Waals surface area contributed by atoms with Crippen LogP contribution in [0.2, 0.25) is 0 Å². The van der Waals surface area contributed by atoms with E-state index in [4.69, 9.17) is 5.11 Å². The van der Waals surface area contributed by atoms with Crippen molar-refractivity contribution in [1.82, 2.24) is 5.32 Å². The molecule has 1 amide bonds. The summed E-state index contributed by atoms with van der Waals surface area (Å²) in [5.41, 5.74) is -1.08. The number of halogens is 1. The van der Waals surface area contributed by atoms with Gasteiger partial charge in [0.2, 0.25) is 0 Å². The number of carbonyl (C=O) groups is 2. The lowest BCUT2D eigenvalue weighted by Crippen LogP contribution is -2.51. The summed E-state index contributed by atoms with van der Waals surface area (Å²) >= 11 is 1.93. The van der Waals surface area contributed by atoms with E-state index in [1.165, 1.54) is 19.1 Å². The van der Waals surface area contributed by atoms with Crippen molar-refractivity contribution in [2.75, 3.05) is 0 Å². The van der Waals surface area contributed by atoms with Gasteiger partial charge in [-0.05, 0) is 54.1 Å². The molecule has 18 heavy (non-hydrogen) atoms. The molecule has 0 aliphatic rings. The predicted molar refractivity (Wildman–Crippen MR) is 74.6 cm³/mol. The molecule has 1 aromatic rings. The van der Waals surface area contributed by atoms with Crippen molar-refractivity contribution in [3.05, 3.63) is 27.3 Å². The van der Waals surface area contributed by atoms with Crippen molar-refractivity contribution in [2.45, 2.75) is 25.8 Å². The van der Waals surface area contributed by atoms with Crippen LogP contribution >= 0.6 is 22.6 Å². The smallest absolute Gasteiger partial charge is 0.329 e. The summed E-state index contributed by atoms with van der Waals surface area (Å²) in [6, 6.07) is 4.44. The summed E-state index contributed by atoms with van der Waals surface area (Å²) in [6.45, 7) is 3.12. The summed E-state index contributed by atoms with van der Waals surface area (Å²) in [7, 11) is 0. The second kappa shape index (κ2) is 5.55. The molecule has 0 aliphatic carbocycles. The van der Waals surface area contributed by atoms with Crippen LogP contribution in [0.5, 0.6) is 5.75 Å². The standard InChI is InChI=1S/C12H14INO4/c1-3-12(2,11(17)18)14-10(16)7-4-5-8(13)9(15)6-7/h4-6,15H,3H2,1-2H3,(H,14,16)(H,17,18). The zero-order chi connectivity index (χ0) is 13.9. The van der Waals surface area contributed by atoms with Gasteiger partial charge >= 0.3 is 5.97 Å². The highest BCUT2D eigenvalue weighted by Crippen LogP contribution is 2.21. The molecule has 0 bridgehead atoms. The molecule has 0 aliphatic heterocycles. The Morgan fingerprint density at radius 2 is 2.06 bits per heavy atom. The maximum absolute atomic E-state index is 11.9. The molecule has 5 nitrogen and oxygen atoms in total. The minimum absolute atomic E-state index is 0.00298. The monoisotopic (exact) mass is 363 g/mol. The van der Waals surface area contributed by atoms with E-state index in [-0.39, 0.29) is 17.7 Å². The Bertz CT molecular complexity index is 489. The van der Waals surface area contributed by atoms with Gasteiger partial charge in [-0.2, -0.15) is 0 Å². The van der Waals surface area contributed by atoms with Gasteiger partial charge in [0.15, 0.2) is 0 Å². The topological polar surface area (TPSA) is 86.6 Å². The van der Waals surface area contributed by atoms with Gasteiger partial charge in [-0.15, -0.1) is 0 Å². The van der Waals surface area contributed by atoms with Crippen LogP contribution < -0.4 is 5.32 Å². The van der Waals surface area contributed by atoms with Gasteiger partial charge in [-0.1, -0.05) is 6.92 Å². The normalized spacial score (nSPS) is 13.7. The van der Waals surface area contributed by atoms with Crippen molar-refractivity contribution in [1.29, 1.82) is 0 Å². The number of carbonyl (C=O) groups excluding carboxylic acids is 1. The minimum atomic E-state index is -1.31. The molecule has 0 saturated heterocycles. The average molecular weight is 363 g/mol. The van der Waals surface area contributed by atoms with E-state index in [0.717, 1.165) is 0 Å². The molecular weight excluding hydrogens is 349 g/mol. The van der Waals surface area contributed by atoms with Gasteiger partial charge in [-0.25, -0.2) is 4.79 Å². The van der Waals surface area contributed by atoms with Crippen LogP contribution in [0.15, 0.2) is 18.2 Å². The Hall–Kier alpha value is -1.31. The van der Waals surface area contributed by atoms with Gasteiger partial charge in [0.05, 0.1) is 3.57 Å². The summed E-state index contributed by atoms with van der Waals surface area (Å²) in [6.07, 6.45) is 0.268. The number of hydrogen-bond donors (Lipinski definition) is 3. The molecule has 6 heteroatoms. The molecule has 0 radical (unpaired) electrons. The van der Waals surface area contributed by atoms with Crippen molar-refractivity contribution in [2.24, 2.45) is 0 Å². The number of phenolic OH excluding ortho intramolecular Hbond substituents is 1. The fourth-order valence-electron chi connectivity index (χ4n) is 1.27. The molecule has 1 rings (SSSR count). The first kappa shape index (κ1) is 14.7. The van der Waals surface area contributed by atoms with Crippen LogP contribution in [-0.4, -0.2) is 27.6 Å². The SMILES string of the molecule is CCC(C)(NC(=O)c1ccc(I)c(O)c1)C(=O)O. The van der Waals surface area contributed by atoms with Gasteiger partial charge in [0.1, 0.15) is 11.3 Å². The number of aromatic hydroxyl groups is 1. The fourth-order valence-corrected chi connectivity index (χ4v) is 1.61. The molecule has 3 N–H and O–H groups in total. The van der Waals surface area contributed by atoms with Gasteiger partial charge in [-0.3, -0.25) is 4.79 Å². The van der Waals surface area contributed by atoms with Crippen LogP contribution in [0.3, 0.4) is 0 Å². The second-order valence-electron chi connectivity index (χ2n) is 4.11. The Kier molecular flexibility index (Phi) is 4.55. The predicted octanol–water partition coefficient (Wildman–Crippen LogP) is 1.98. The lowest BCUT2D eigenvalue weighted by molar-refractivity contribution is -0.143. The molecule has 0 fully saturated rings. The zero-order valence-electron chi connectivity index (χ0n) is 10.0. The Labute approximate surface area is 118 Å². The maximum atomic E-state index is 11.9. The number of aliphatic carboxylic acids is 1. The quantitative estimate of drug-likeness (QED) is 0.714. The van der Waals surface area contributed by atoms with Gasteiger partial charge < -0.3 is 15.5 Å². The average Bonchev–Trinajstić information content (AvgIpc) is 2.32. The Morgan fingerprint density at radius 1 is 1.44 bits per heavy atom. The van der Waals surface area contributed by atoms with Crippen molar-refractivity contribution >= 4 is 34.5 Å². The number of amides is 1. The Morgan fingerprint density at radius 3 is 2.50 bits per heavy atom. The molecule has 98 valence electrons. The van der Waals surface area contributed by atoms with E-state index in [0.29, 0.717) is 3.57 Å². The Balaban J connectivity index is 2.95. The molecule has 1 aromatic carbocycles. The van der Waals surface area contributed by atoms with E-state index in [1.54, 1.807) is 13.0 Å². The number of carboxylic acid groups (broad SMARTS) is 1. The van der Waals surface area contributed by atoms with E-state index in [1.807, 2.05) is 22.6 Å². The maximum Gasteiger partial charge on any atom is 0.329 e. The van der Waals surface area contributed by atoms with E-state index < -0.39 is 17.4 Å². The summed E-state index contributed by atoms with van der Waals surface area (Å²) in [5.74, 6) is -1.61. The lowest BCUT2D eigenvalue weighted by Gasteiger charge is -2.24. The number of phenols is 1. The number of carboxylic acids is 1. The molecule has 0 spiro atoms. The highest BCUT2D eigenvalue weighted by molar-refractivity contribution is 14.1. The minimum Gasteiger partial charge on any atom is -0.507 e. The van der Waals surface area contributed by atoms with Gasteiger partial charge in [0, 0.05) is 5.56 Å². The van der Waals surface area contributed by atoms with Crippen LogP contribution in [0, 0.1) is 3.57 Å². The highest BCUT2D eigenvalue weighted by atomic mass is 127. The summed E-state index contributed by atoms with van der Waals surface area (Å²) in [4.78, 5) is 23.0. The third kappa shape index (κ3) is 3.12. The molecule has 1 atom stereocenters. The fraction of sp³-hybridized carbons (Fsp3) is 0.333. The molecule has 0 heterocycles. The number of hydrogen-bond acceptors (Lipinski definition) is 3. The van der Waals surface area contributed by atoms with Crippen LogP contribution in [0.4, 0.5) is 0 Å². The number of rotatable bonds is 4. The first-order valence-electron chi connectivity index (χ1n) is 5.34. The van der Waals surface area contributed by atoms with Crippen LogP contribution in [0.1, 0.15) is 30.6 Å². The van der Waals surface area contributed by atoms with E-state index >= 15 is 0 Å². The zero-order valence-corrected chi connectivity index (χ0v) is 12.2. The second-order valence-corrected chi connectivity index (χ2v) is 5.27. The highest BCUT2D eigenvalue weighted by Gasteiger charge is 2.33.